The summed E-state index contributed by atoms with van der Waals surface area (Å²) in [5.41, 5.74) is 0. The van der Waals surface area contributed by atoms with E-state index in [1.807, 2.05) is 0 Å². The first kappa shape index (κ1) is 10.9. The van der Waals surface area contributed by atoms with E-state index in [0.29, 0.717) is 10.0 Å². The van der Waals surface area contributed by atoms with Gasteiger partial charge in [0.05, 0.1) is 0 Å². The molecule has 0 radical (unpaired) electrons. The molecule has 1 rings (SSSR count). The van der Waals surface area contributed by atoms with Crippen LogP contribution in [0.2, 0.25) is 15.4 Å². The molecule has 0 saturated carbocycles. The number of halogens is 2. The predicted molar refractivity (Wildman–Crippen MR) is 54.3 cm³/mol. The second-order valence-electron chi connectivity index (χ2n) is 2.26. The average molecular weight is 284 g/mol. The first-order chi connectivity index (χ1) is 6.09. The molecular weight excluding hydrogens is 278 g/mol. The van der Waals surface area contributed by atoms with Crippen molar-refractivity contribution < 1.29 is 9.90 Å². The first-order valence-electron chi connectivity index (χ1n) is 3.39. The van der Waals surface area contributed by atoms with Crippen LogP contribution in [-0.2, 0) is 4.79 Å². The second-order valence-corrected chi connectivity index (χ2v) is 5.23. The van der Waals surface area contributed by atoms with E-state index in [0.717, 1.165) is 4.46 Å². The van der Waals surface area contributed by atoms with E-state index in [-0.39, 0.29) is 20.3 Å². The summed E-state index contributed by atoms with van der Waals surface area (Å²) in [6, 6.07) is 5.11. The molecule has 0 spiro atoms. The second kappa shape index (κ2) is 4.87. The van der Waals surface area contributed by atoms with E-state index in [4.69, 9.17) is 28.3 Å². The molecule has 1 aromatic rings. The summed E-state index contributed by atoms with van der Waals surface area (Å²) >= 11 is 11.4. The van der Waals surface area contributed by atoms with E-state index in [2.05, 4.69) is 0 Å². The van der Waals surface area contributed by atoms with Crippen LogP contribution in [0.5, 0.6) is 0 Å². The van der Waals surface area contributed by atoms with E-state index >= 15 is 0 Å². The van der Waals surface area contributed by atoms with Crippen molar-refractivity contribution in [1.82, 2.24) is 0 Å². The minimum atomic E-state index is -0.800. The zero-order chi connectivity index (χ0) is 9.84. The van der Waals surface area contributed by atoms with Crippen molar-refractivity contribution in [3.63, 3.8) is 0 Å². The number of aliphatic carboxylic acids is 1. The summed E-state index contributed by atoms with van der Waals surface area (Å²) in [6.45, 7) is 0. The Morgan fingerprint density at radius 1 is 1.46 bits per heavy atom. The van der Waals surface area contributed by atoms with Gasteiger partial charge in [0.25, 0.3) is 0 Å². The van der Waals surface area contributed by atoms with Crippen molar-refractivity contribution in [2.45, 2.75) is 5.32 Å². The molecule has 0 fully saturated rings. The molecular formula is C8H6Cl2O2Se. The molecule has 5 heteroatoms. The molecule has 0 saturated heterocycles. The van der Waals surface area contributed by atoms with E-state index < -0.39 is 5.97 Å². The van der Waals surface area contributed by atoms with Crippen molar-refractivity contribution in [3.05, 3.63) is 28.2 Å². The molecule has 70 valence electrons. The van der Waals surface area contributed by atoms with Crippen LogP contribution < -0.4 is 4.46 Å². The summed E-state index contributed by atoms with van der Waals surface area (Å²) in [6.07, 6.45) is 0. The third kappa shape index (κ3) is 3.57. The van der Waals surface area contributed by atoms with Gasteiger partial charge in [0, 0.05) is 0 Å². The Morgan fingerprint density at radius 3 is 2.69 bits per heavy atom. The Bertz CT molecular complexity index is 328. The summed E-state index contributed by atoms with van der Waals surface area (Å²) in [7, 11) is 0. The molecule has 0 aliphatic carbocycles. The molecule has 0 heterocycles. The fourth-order valence-electron chi connectivity index (χ4n) is 0.732. The number of carboxylic acid groups (broad SMARTS) is 1. The van der Waals surface area contributed by atoms with Gasteiger partial charge in [0.1, 0.15) is 0 Å². The number of carboxylic acids is 1. The molecule has 0 aliphatic rings. The van der Waals surface area contributed by atoms with Gasteiger partial charge in [-0.3, -0.25) is 0 Å². The quantitative estimate of drug-likeness (QED) is 0.860. The maximum atomic E-state index is 10.3. The van der Waals surface area contributed by atoms with Crippen molar-refractivity contribution in [3.8, 4) is 0 Å². The number of benzene rings is 1. The topological polar surface area (TPSA) is 37.3 Å². The Labute approximate surface area is 92.0 Å². The number of hydrogen-bond donors (Lipinski definition) is 1. The van der Waals surface area contributed by atoms with Gasteiger partial charge in [-0.2, -0.15) is 0 Å². The zero-order valence-electron chi connectivity index (χ0n) is 6.46. The van der Waals surface area contributed by atoms with Crippen LogP contribution in [0, 0.1) is 0 Å². The Morgan fingerprint density at radius 2 is 2.15 bits per heavy atom. The van der Waals surface area contributed by atoms with Crippen molar-refractivity contribution in [2.24, 2.45) is 0 Å². The fourth-order valence-corrected chi connectivity index (χ4v) is 2.77. The average Bonchev–Trinajstić information content (AvgIpc) is 2.02. The molecule has 0 amide bonds. The van der Waals surface area contributed by atoms with Gasteiger partial charge in [-0.05, 0) is 0 Å². The summed E-state index contributed by atoms with van der Waals surface area (Å²) in [5.74, 6) is -0.800. The van der Waals surface area contributed by atoms with E-state index in [9.17, 15) is 4.79 Å². The van der Waals surface area contributed by atoms with Gasteiger partial charge in [0.15, 0.2) is 0 Å². The molecule has 1 aromatic carbocycles. The van der Waals surface area contributed by atoms with Crippen LogP contribution in [0.3, 0.4) is 0 Å². The predicted octanol–water partition coefficient (Wildman–Crippen LogP) is 1.83. The summed E-state index contributed by atoms with van der Waals surface area (Å²) in [4.78, 5) is 10.3. The van der Waals surface area contributed by atoms with Gasteiger partial charge in [-0.1, -0.05) is 0 Å². The minimum absolute atomic E-state index is 0.118. The zero-order valence-corrected chi connectivity index (χ0v) is 9.68. The number of rotatable bonds is 3. The maximum absolute atomic E-state index is 10.3. The van der Waals surface area contributed by atoms with Gasteiger partial charge < -0.3 is 0 Å². The van der Waals surface area contributed by atoms with Crippen LogP contribution in [0.15, 0.2) is 18.2 Å². The van der Waals surface area contributed by atoms with Crippen molar-refractivity contribution >= 4 is 48.6 Å². The SMILES string of the molecule is O=C(O)C[Se]c1ccc(Cl)cc1Cl. The van der Waals surface area contributed by atoms with E-state index in [1.54, 1.807) is 18.2 Å². The molecule has 1 N–H and O–H groups in total. The third-order valence-corrected chi connectivity index (χ3v) is 4.27. The molecule has 0 aromatic heterocycles. The molecule has 0 atom stereocenters. The fraction of sp³-hybridized carbons (Fsp3) is 0.125. The monoisotopic (exact) mass is 284 g/mol. The van der Waals surface area contributed by atoms with Gasteiger partial charge in [-0.25, -0.2) is 0 Å². The number of carbonyl (C=O) groups is 1. The first-order valence-corrected chi connectivity index (χ1v) is 6.21. The van der Waals surface area contributed by atoms with Crippen LogP contribution in [-0.4, -0.2) is 26.0 Å². The van der Waals surface area contributed by atoms with Gasteiger partial charge in [0.2, 0.25) is 0 Å². The molecule has 0 unspecified atom stereocenters. The Kier molecular flexibility index (Phi) is 4.07. The summed E-state index contributed by atoms with van der Waals surface area (Å²) < 4.78 is 0.876. The van der Waals surface area contributed by atoms with Gasteiger partial charge in [-0.15, -0.1) is 0 Å². The molecule has 2 nitrogen and oxygen atoms in total. The Hall–Kier alpha value is -0.211. The van der Waals surface area contributed by atoms with Crippen LogP contribution in [0.1, 0.15) is 0 Å². The Balaban J connectivity index is 2.72. The molecule has 0 bridgehead atoms. The molecule has 13 heavy (non-hydrogen) atoms. The van der Waals surface area contributed by atoms with Crippen LogP contribution in [0.4, 0.5) is 0 Å². The number of hydrogen-bond acceptors (Lipinski definition) is 1. The van der Waals surface area contributed by atoms with E-state index in [1.165, 1.54) is 0 Å². The van der Waals surface area contributed by atoms with Crippen LogP contribution in [0.25, 0.3) is 0 Å². The van der Waals surface area contributed by atoms with Crippen molar-refractivity contribution in [2.75, 3.05) is 0 Å². The third-order valence-electron chi connectivity index (χ3n) is 1.25. The standard InChI is InChI=1S/C8H6Cl2O2Se/c9-5-1-2-7(6(10)3-5)13-4-8(11)12/h1-3H,4H2,(H,11,12). The van der Waals surface area contributed by atoms with Gasteiger partial charge >= 0.3 is 92.1 Å². The van der Waals surface area contributed by atoms with Crippen molar-refractivity contribution in [1.29, 1.82) is 0 Å². The normalized spacial score (nSPS) is 10.0. The summed E-state index contributed by atoms with van der Waals surface area (Å²) in [5, 5.41) is 9.73. The van der Waals surface area contributed by atoms with Crippen LogP contribution >= 0.6 is 23.2 Å². The molecule has 0 aliphatic heterocycles.